The number of carbonyl (C=O) groups excluding carboxylic acids is 1. The van der Waals surface area contributed by atoms with Crippen molar-refractivity contribution in [3.63, 3.8) is 0 Å². The van der Waals surface area contributed by atoms with Gasteiger partial charge in [-0.15, -0.1) is 0 Å². The first-order chi connectivity index (χ1) is 11.7. The van der Waals surface area contributed by atoms with Gasteiger partial charge >= 0.3 is 0 Å². The van der Waals surface area contributed by atoms with Gasteiger partial charge in [-0.1, -0.05) is 5.16 Å². The van der Waals surface area contributed by atoms with E-state index in [0.717, 1.165) is 56.0 Å². The van der Waals surface area contributed by atoms with Crippen molar-refractivity contribution in [2.24, 2.45) is 5.92 Å². The standard InChI is InChI=1S/C17H23N5O2/c1-12-8-15(24-21-12)17(23)22-6-3-4-13(5-7-22)9-14-10-20-16(18-2)11-19-14/h8,10-11,13H,3-7,9H2,1-2H3,(H,18,20)/t13-/m0/s1. The molecule has 1 atom stereocenters. The van der Waals surface area contributed by atoms with Crippen molar-refractivity contribution in [1.82, 2.24) is 20.0 Å². The quantitative estimate of drug-likeness (QED) is 0.926. The van der Waals surface area contributed by atoms with Crippen LogP contribution in [-0.2, 0) is 6.42 Å². The second-order valence-electron chi connectivity index (χ2n) is 6.27. The van der Waals surface area contributed by atoms with Crippen LogP contribution in [0, 0.1) is 12.8 Å². The highest BCUT2D eigenvalue weighted by Crippen LogP contribution is 2.22. The Labute approximate surface area is 141 Å². The minimum Gasteiger partial charge on any atom is -0.372 e. The molecule has 1 saturated heterocycles. The van der Waals surface area contributed by atoms with Gasteiger partial charge in [0.15, 0.2) is 0 Å². The molecular formula is C17H23N5O2. The first-order valence-electron chi connectivity index (χ1n) is 8.37. The van der Waals surface area contributed by atoms with Crippen LogP contribution in [-0.4, -0.2) is 46.1 Å². The third-order valence-corrected chi connectivity index (χ3v) is 4.43. The van der Waals surface area contributed by atoms with Crippen LogP contribution in [0.25, 0.3) is 0 Å². The van der Waals surface area contributed by atoms with E-state index < -0.39 is 0 Å². The lowest BCUT2D eigenvalue weighted by Gasteiger charge is -2.19. The molecule has 1 aliphatic heterocycles. The van der Waals surface area contributed by atoms with Crippen molar-refractivity contribution in [1.29, 1.82) is 0 Å². The Morgan fingerprint density at radius 2 is 2.21 bits per heavy atom. The maximum absolute atomic E-state index is 12.5. The van der Waals surface area contributed by atoms with E-state index >= 15 is 0 Å². The molecule has 1 fully saturated rings. The topological polar surface area (TPSA) is 84.2 Å². The van der Waals surface area contributed by atoms with E-state index in [1.165, 1.54) is 0 Å². The summed E-state index contributed by atoms with van der Waals surface area (Å²) in [6, 6.07) is 1.70. The number of anilines is 1. The molecule has 1 aliphatic rings. The Bertz CT molecular complexity index is 683. The third kappa shape index (κ3) is 3.90. The number of aromatic nitrogens is 3. The molecule has 24 heavy (non-hydrogen) atoms. The zero-order valence-corrected chi connectivity index (χ0v) is 14.2. The maximum atomic E-state index is 12.5. The largest absolute Gasteiger partial charge is 0.372 e. The van der Waals surface area contributed by atoms with Gasteiger partial charge in [-0.3, -0.25) is 9.78 Å². The fourth-order valence-electron chi connectivity index (χ4n) is 3.08. The lowest BCUT2D eigenvalue weighted by atomic mass is 9.95. The highest BCUT2D eigenvalue weighted by molar-refractivity contribution is 5.91. The second-order valence-corrected chi connectivity index (χ2v) is 6.27. The van der Waals surface area contributed by atoms with Gasteiger partial charge in [0, 0.05) is 26.2 Å². The molecule has 0 aliphatic carbocycles. The number of aryl methyl sites for hydroxylation is 1. The summed E-state index contributed by atoms with van der Waals surface area (Å²) in [5.74, 6) is 1.57. The molecule has 0 saturated carbocycles. The number of likely N-dealkylation sites (tertiary alicyclic amines) is 1. The van der Waals surface area contributed by atoms with Gasteiger partial charge in [0.05, 0.1) is 23.8 Å². The SMILES string of the molecule is CNc1cnc(C[C@H]2CCCN(C(=O)c3cc(C)no3)CC2)cn1. The van der Waals surface area contributed by atoms with Crippen LogP contribution in [0.5, 0.6) is 0 Å². The summed E-state index contributed by atoms with van der Waals surface area (Å²) >= 11 is 0. The average Bonchev–Trinajstić information content (AvgIpc) is 2.90. The van der Waals surface area contributed by atoms with Crippen molar-refractivity contribution >= 4 is 11.7 Å². The monoisotopic (exact) mass is 329 g/mol. The van der Waals surface area contributed by atoms with Gasteiger partial charge in [-0.25, -0.2) is 4.98 Å². The Morgan fingerprint density at radius 3 is 2.88 bits per heavy atom. The number of nitrogens with one attached hydrogen (secondary N) is 1. The normalized spacial score (nSPS) is 18.2. The van der Waals surface area contributed by atoms with E-state index in [1.54, 1.807) is 12.3 Å². The predicted octanol–water partition coefficient (Wildman–Crippen LogP) is 2.30. The lowest BCUT2D eigenvalue weighted by Crippen LogP contribution is -2.31. The molecule has 0 radical (unpaired) electrons. The van der Waals surface area contributed by atoms with E-state index in [1.807, 2.05) is 25.1 Å². The van der Waals surface area contributed by atoms with Gasteiger partial charge in [0.25, 0.3) is 5.91 Å². The van der Waals surface area contributed by atoms with Crippen LogP contribution in [0.4, 0.5) is 5.82 Å². The molecule has 128 valence electrons. The zero-order chi connectivity index (χ0) is 16.9. The molecule has 0 aromatic carbocycles. The maximum Gasteiger partial charge on any atom is 0.292 e. The van der Waals surface area contributed by atoms with Crippen LogP contribution in [0.1, 0.15) is 41.2 Å². The van der Waals surface area contributed by atoms with E-state index in [9.17, 15) is 4.79 Å². The van der Waals surface area contributed by atoms with Crippen LogP contribution in [0.3, 0.4) is 0 Å². The predicted molar refractivity (Wildman–Crippen MR) is 89.8 cm³/mol. The Balaban J connectivity index is 1.57. The number of hydrogen-bond acceptors (Lipinski definition) is 6. The summed E-state index contributed by atoms with van der Waals surface area (Å²) in [5, 5.41) is 6.77. The molecule has 3 heterocycles. The van der Waals surface area contributed by atoms with Crippen molar-refractivity contribution in [2.45, 2.75) is 32.6 Å². The van der Waals surface area contributed by atoms with E-state index in [2.05, 4.69) is 20.4 Å². The molecular weight excluding hydrogens is 306 g/mol. The van der Waals surface area contributed by atoms with Gasteiger partial charge in [0.1, 0.15) is 5.82 Å². The first kappa shape index (κ1) is 16.4. The highest BCUT2D eigenvalue weighted by Gasteiger charge is 2.24. The summed E-state index contributed by atoms with van der Waals surface area (Å²) < 4.78 is 5.10. The van der Waals surface area contributed by atoms with Gasteiger partial charge in [0.2, 0.25) is 5.76 Å². The van der Waals surface area contributed by atoms with Crippen molar-refractivity contribution in [2.75, 3.05) is 25.5 Å². The number of hydrogen-bond donors (Lipinski definition) is 1. The van der Waals surface area contributed by atoms with Crippen molar-refractivity contribution in [3.05, 3.63) is 35.6 Å². The van der Waals surface area contributed by atoms with Crippen LogP contribution in [0.2, 0.25) is 0 Å². The van der Waals surface area contributed by atoms with E-state index in [-0.39, 0.29) is 5.91 Å². The van der Waals surface area contributed by atoms with E-state index in [0.29, 0.717) is 11.7 Å². The number of nitrogens with zero attached hydrogens (tertiary/aromatic N) is 4. The highest BCUT2D eigenvalue weighted by atomic mass is 16.5. The van der Waals surface area contributed by atoms with Gasteiger partial charge in [-0.05, 0) is 38.5 Å². The van der Waals surface area contributed by atoms with Gasteiger partial charge in [-0.2, -0.15) is 0 Å². The summed E-state index contributed by atoms with van der Waals surface area (Å²) in [7, 11) is 1.83. The summed E-state index contributed by atoms with van der Waals surface area (Å²) in [4.78, 5) is 23.1. The molecule has 1 amide bonds. The van der Waals surface area contributed by atoms with E-state index in [4.69, 9.17) is 4.52 Å². The fraction of sp³-hybridized carbons (Fsp3) is 0.529. The average molecular weight is 329 g/mol. The minimum absolute atomic E-state index is 0.0607. The number of carbonyl (C=O) groups is 1. The third-order valence-electron chi connectivity index (χ3n) is 4.43. The summed E-state index contributed by atoms with van der Waals surface area (Å²) in [5.41, 5.74) is 1.74. The molecule has 0 bridgehead atoms. The smallest absolute Gasteiger partial charge is 0.292 e. The van der Waals surface area contributed by atoms with Crippen LogP contribution in [0.15, 0.2) is 23.0 Å². The summed E-state index contributed by atoms with van der Waals surface area (Å²) in [6.07, 6.45) is 7.54. The zero-order valence-electron chi connectivity index (χ0n) is 14.2. The lowest BCUT2D eigenvalue weighted by molar-refractivity contribution is 0.0718. The molecule has 7 heteroatoms. The molecule has 0 unspecified atom stereocenters. The number of rotatable bonds is 4. The molecule has 1 N–H and O–H groups in total. The van der Waals surface area contributed by atoms with Gasteiger partial charge < -0.3 is 14.7 Å². The molecule has 3 rings (SSSR count). The number of amides is 1. The first-order valence-corrected chi connectivity index (χ1v) is 8.37. The van der Waals surface area contributed by atoms with Crippen LogP contribution >= 0.6 is 0 Å². The molecule has 2 aromatic heterocycles. The van der Waals surface area contributed by atoms with Crippen molar-refractivity contribution in [3.8, 4) is 0 Å². The Kier molecular flexibility index (Phi) is 5.08. The summed E-state index contributed by atoms with van der Waals surface area (Å²) in [6.45, 7) is 3.32. The second kappa shape index (κ2) is 7.42. The minimum atomic E-state index is -0.0607. The molecule has 0 spiro atoms. The Hall–Kier alpha value is -2.44. The molecule has 7 nitrogen and oxygen atoms in total. The van der Waals surface area contributed by atoms with Crippen LogP contribution < -0.4 is 5.32 Å². The molecule has 2 aromatic rings. The van der Waals surface area contributed by atoms with Crippen molar-refractivity contribution < 1.29 is 9.32 Å². The Morgan fingerprint density at radius 1 is 1.33 bits per heavy atom. The fourth-order valence-corrected chi connectivity index (χ4v) is 3.08.